The molecule has 0 aromatic heterocycles. The number of rotatable bonds is 76. The molecule has 0 amide bonds. The van der Waals surface area contributed by atoms with Crippen LogP contribution in [0.1, 0.15) is 401 Å². The molecule has 570 valence electrons. The number of aliphatic hydroxyl groups excluding tert-OH is 1. The van der Waals surface area contributed by atoms with Crippen molar-refractivity contribution in [3.63, 3.8) is 0 Å². The van der Waals surface area contributed by atoms with E-state index in [0.29, 0.717) is 25.7 Å². The van der Waals surface area contributed by atoms with Crippen molar-refractivity contribution < 1.29 is 80.2 Å². The Balaban J connectivity index is 5.12. The van der Waals surface area contributed by atoms with Crippen LogP contribution >= 0.6 is 15.6 Å². The van der Waals surface area contributed by atoms with Crippen LogP contribution in [0, 0.1) is 11.8 Å². The van der Waals surface area contributed by atoms with Crippen molar-refractivity contribution in [3.05, 3.63) is 0 Å². The zero-order valence-electron chi connectivity index (χ0n) is 62.7. The molecule has 0 aromatic carbocycles. The van der Waals surface area contributed by atoms with Crippen molar-refractivity contribution in [2.75, 3.05) is 39.6 Å². The molecule has 3 N–H and O–H groups in total. The molecule has 96 heavy (non-hydrogen) atoms. The van der Waals surface area contributed by atoms with E-state index in [1.54, 1.807) is 0 Å². The number of carbonyl (C=O) groups is 4. The second-order valence-corrected chi connectivity index (χ2v) is 31.4. The fourth-order valence-corrected chi connectivity index (χ4v) is 13.4. The molecule has 0 heterocycles. The number of esters is 4. The minimum Gasteiger partial charge on any atom is -0.462 e. The van der Waals surface area contributed by atoms with Crippen LogP contribution in [0.4, 0.5) is 0 Å². The second-order valence-electron chi connectivity index (χ2n) is 28.5. The van der Waals surface area contributed by atoms with Crippen molar-refractivity contribution in [1.29, 1.82) is 0 Å². The van der Waals surface area contributed by atoms with Gasteiger partial charge in [-0.15, -0.1) is 0 Å². The van der Waals surface area contributed by atoms with E-state index in [1.807, 2.05) is 0 Å². The summed E-state index contributed by atoms with van der Waals surface area (Å²) >= 11 is 0. The normalized spacial score (nSPS) is 14.3. The summed E-state index contributed by atoms with van der Waals surface area (Å²) in [4.78, 5) is 72.5. The van der Waals surface area contributed by atoms with Crippen LogP contribution in [-0.2, 0) is 65.4 Å². The summed E-state index contributed by atoms with van der Waals surface area (Å²) in [7, 11) is -9.90. The number of phosphoric ester groups is 2. The first-order chi connectivity index (χ1) is 46.4. The maximum absolute atomic E-state index is 13.1. The van der Waals surface area contributed by atoms with Gasteiger partial charge in [0.1, 0.15) is 19.3 Å². The summed E-state index contributed by atoms with van der Waals surface area (Å²) in [5.74, 6) is -0.455. The van der Waals surface area contributed by atoms with Gasteiger partial charge in [-0.2, -0.15) is 0 Å². The molecule has 0 fully saturated rings. The molecule has 0 saturated carbocycles. The van der Waals surface area contributed by atoms with E-state index in [-0.39, 0.29) is 25.7 Å². The number of hydrogen-bond acceptors (Lipinski definition) is 15. The summed E-state index contributed by atoms with van der Waals surface area (Å²) in [5, 5.41) is 10.6. The van der Waals surface area contributed by atoms with Crippen molar-refractivity contribution in [2.24, 2.45) is 11.8 Å². The minimum absolute atomic E-state index is 0.107. The number of ether oxygens (including phenoxy) is 4. The first kappa shape index (κ1) is 94.1. The molecule has 0 aliphatic rings. The first-order valence-corrected chi connectivity index (χ1v) is 43.0. The molecule has 0 aliphatic carbocycles. The van der Waals surface area contributed by atoms with Gasteiger partial charge in [-0.1, -0.05) is 350 Å². The predicted octanol–water partition coefficient (Wildman–Crippen LogP) is 22.7. The summed E-state index contributed by atoms with van der Waals surface area (Å²) in [5.41, 5.74) is 0. The van der Waals surface area contributed by atoms with Crippen molar-refractivity contribution in [3.8, 4) is 0 Å². The van der Waals surface area contributed by atoms with E-state index in [1.165, 1.54) is 212 Å². The number of phosphoric acid groups is 2. The van der Waals surface area contributed by atoms with E-state index in [9.17, 15) is 43.2 Å². The summed E-state index contributed by atoms with van der Waals surface area (Å²) in [6, 6.07) is 0. The fraction of sp³-hybridized carbons (Fsp3) is 0.948. The molecule has 0 aromatic rings. The number of aliphatic hydroxyl groups is 1. The third-order valence-corrected chi connectivity index (χ3v) is 20.2. The molecule has 17 nitrogen and oxygen atoms in total. The Morgan fingerprint density at radius 2 is 0.531 bits per heavy atom. The molecular formula is C77H150O17P2. The van der Waals surface area contributed by atoms with Gasteiger partial charge in [0.05, 0.1) is 26.4 Å². The van der Waals surface area contributed by atoms with Crippen LogP contribution in [0.5, 0.6) is 0 Å². The van der Waals surface area contributed by atoms with Crippen molar-refractivity contribution >= 4 is 39.5 Å². The van der Waals surface area contributed by atoms with Gasteiger partial charge in [-0.3, -0.25) is 37.3 Å². The van der Waals surface area contributed by atoms with E-state index in [2.05, 4.69) is 41.5 Å². The summed E-state index contributed by atoms with van der Waals surface area (Å²) < 4.78 is 68.3. The molecule has 3 unspecified atom stereocenters. The second kappa shape index (κ2) is 68.8. The number of carbonyl (C=O) groups excluding carboxylic acids is 4. The predicted molar refractivity (Wildman–Crippen MR) is 391 cm³/mol. The maximum atomic E-state index is 13.1. The largest absolute Gasteiger partial charge is 0.472 e. The van der Waals surface area contributed by atoms with Gasteiger partial charge in [-0.05, 0) is 37.5 Å². The smallest absolute Gasteiger partial charge is 0.462 e. The SMILES string of the molecule is CCCCCCCCCCCCCCC(=O)O[C@H](COC(=O)CCCCCCC)COP(=O)(O)OC[C@H](O)COP(=O)(O)OC[C@@H](COC(=O)CCCCCCCCCCCCCCCCC(C)C)OC(=O)CCCCCCCCCCCCCCCCCCCCC(C)CC. The van der Waals surface area contributed by atoms with Gasteiger partial charge in [0, 0.05) is 25.7 Å². The molecule has 0 spiro atoms. The van der Waals surface area contributed by atoms with E-state index in [4.69, 9.17) is 37.0 Å². The number of unbranched alkanes of at least 4 members (excludes halogenated alkanes) is 45. The molecular weight excluding hydrogens is 1260 g/mol. The fourth-order valence-electron chi connectivity index (χ4n) is 11.8. The van der Waals surface area contributed by atoms with E-state index in [0.717, 1.165) is 108 Å². The van der Waals surface area contributed by atoms with E-state index >= 15 is 0 Å². The minimum atomic E-state index is -4.96. The van der Waals surface area contributed by atoms with E-state index < -0.39 is 97.5 Å². The zero-order valence-corrected chi connectivity index (χ0v) is 64.5. The standard InChI is InChI=1S/C77H150O17P2/c1-7-10-12-14-15-16-17-32-38-43-49-55-61-76(81)93-72(65-87-74(79)59-53-45-13-11-8-2)67-91-95(83,84)89-63-71(78)64-90-96(85,86)92-68-73(66-88-75(80)60-54-48-42-37-33-28-25-24-26-30-35-40-46-51-57-69(4)5)94-77(82)62-56-50-44-39-34-29-23-21-19-18-20-22-27-31-36-41-47-52-58-70(6)9-3/h69-73,78H,7-68H2,1-6H3,(H,83,84)(H,85,86)/t70?,71-,72+,73+/m0/s1. The lowest BCUT2D eigenvalue weighted by molar-refractivity contribution is -0.161. The first-order valence-electron chi connectivity index (χ1n) is 40.0. The average molecular weight is 1410 g/mol. The lowest BCUT2D eigenvalue weighted by Gasteiger charge is -2.21. The highest BCUT2D eigenvalue weighted by atomic mass is 31.2. The van der Waals surface area contributed by atoms with Crippen molar-refractivity contribution in [2.45, 2.75) is 419 Å². The Morgan fingerprint density at radius 1 is 0.302 bits per heavy atom. The topological polar surface area (TPSA) is 237 Å². The molecule has 0 bridgehead atoms. The highest BCUT2D eigenvalue weighted by Gasteiger charge is 2.30. The maximum Gasteiger partial charge on any atom is 0.472 e. The summed E-state index contributed by atoms with van der Waals surface area (Å²) in [6.07, 6.45) is 57.3. The monoisotopic (exact) mass is 1410 g/mol. The van der Waals surface area contributed by atoms with Crippen LogP contribution in [0.15, 0.2) is 0 Å². The van der Waals surface area contributed by atoms with Crippen LogP contribution < -0.4 is 0 Å². The highest BCUT2D eigenvalue weighted by Crippen LogP contribution is 2.45. The van der Waals surface area contributed by atoms with Crippen molar-refractivity contribution in [1.82, 2.24) is 0 Å². The van der Waals surface area contributed by atoms with Crippen LogP contribution in [0.25, 0.3) is 0 Å². The Kier molecular flexibility index (Phi) is 67.4. The highest BCUT2D eigenvalue weighted by molar-refractivity contribution is 7.47. The molecule has 19 heteroatoms. The van der Waals surface area contributed by atoms with Crippen LogP contribution in [-0.4, -0.2) is 96.7 Å². The third kappa shape index (κ3) is 69.2. The lowest BCUT2D eigenvalue weighted by atomic mass is 9.99. The third-order valence-electron chi connectivity index (χ3n) is 18.3. The Bertz CT molecular complexity index is 1860. The van der Waals surface area contributed by atoms with Crippen LogP contribution in [0.3, 0.4) is 0 Å². The number of hydrogen-bond donors (Lipinski definition) is 3. The molecule has 0 aliphatic heterocycles. The molecule has 0 rings (SSSR count). The van der Waals surface area contributed by atoms with Gasteiger partial charge in [-0.25, -0.2) is 9.13 Å². The van der Waals surface area contributed by atoms with Gasteiger partial charge in [0.2, 0.25) is 0 Å². The van der Waals surface area contributed by atoms with Gasteiger partial charge >= 0.3 is 39.5 Å². The lowest BCUT2D eigenvalue weighted by Crippen LogP contribution is -2.30. The van der Waals surface area contributed by atoms with Gasteiger partial charge < -0.3 is 33.8 Å². The molecule has 0 radical (unpaired) electrons. The molecule has 0 saturated heterocycles. The average Bonchev–Trinajstić information content (AvgIpc) is 1.21. The Hall–Kier alpha value is -1.94. The Labute approximate surface area is 588 Å². The summed E-state index contributed by atoms with van der Waals surface area (Å²) in [6.45, 7) is 9.60. The van der Waals surface area contributed by atoms with Gasteiger partial charge in [0.15, 0.2) is 12.2 Å². The Morgan fingerprint density at radius 3 is 0.792 bits per heavy atom. The zero-order chi connectivity index (χ0) is 70.7. The quantitative estimate of drug-likeness (QED) is 0.0222. The van der Waals surface area contributed by atoms with Gasteiger partial charge in [0.25, 0.3) is 0 Å². The van der Waals surface area contributed by atoms with Crippen LogP contribution in [0.2, 0.25) is 0 Å². The molecule has 6 atom stereocenters.